The van der Waals surface area contributed by atoms with Crippen molar-refractivity contribution in [1.82, 2.24) is 10.3 Å². The van der Waals surface area contributed by atoms with Crippen LogP contribution in [0.4, 0.5) is 0 Å². The first-order valence-electron chi connectivity index (χ1n) is 4.94. The zero-order chi connectivity index (χ0) is 10.6. The second-order valence-corrected chi connectivity index (χ2v) is 5.14. The van der Waals surface area contributed by atoms with Crippen molar-refractivity contribution in [2.75, 3.05) is 7.05 Å². The molecule has 0 spiro atoms. The Morgan fingerprint density at radius 3 is 2.64 bits per heavy atom. The van der Waals surface area contributed by atoms with Crippen LogP contribution in [0.5, 0.6) is 0 Å². The topological polar surface area (TPSA) is 24.9 Å². The molecule has 1 heterocycles. The highest BCUT2D eigenvalue weighted by Crippen LogP contribution is 2.27. The Bertz CT molecular complexity index is 286. The second-order valence-electron chi connectivity index (χ2n) is 3.57. The van der Waals surface area contributed by atoms with Gasteiger partial charge in [0, 0.05) is 23.1 Å². The molecule has 0 amide bonds. The van der Waals surface area contributed by atoms with Crippen molar-refractivity contribution in [1.29, 1.82) is 0 Å². The summed E-state index contributed by atoms with van der Waals surface area (Å²) in [7, 11) is 1.97. The molecule has 0 aliphatic heterocycles. The molecule has 0 fully saturated rings. The van der Waals surface area contributed by atoms with Crippen molar-refractivity contribution in [3.63, 3.8) is 0 Å². The molecule has 3 heteroatoms. The van der Waals surface area contributed by atoms with E-state index in [1.54, 1.807) is 0 Å². The molecule has 1 unspecified atom stereocenters. The van der Waals surface area contributed by atoms with Crippen LogP contribution in [0.15, 0.2) is 23.4 Å². The Labute approximate surface area is 90.5 Å². The molecule has 14 heavy (non-hydrogen) atoms. The van der Waals surface area contributed by atoms with E-state index in [1.165, 1.54) is 5.56 Å². The van der Waals surface area contributed by atoms with Gasteiger partial charge in [-0.15, -0.1) is 11.8 Å². The summed E-state index contributed by atoms with van der Waals surface area (Å²) in [6.07, 6.45) is 1.86. The average molecular weight is 210 g/mol. The predicted octanol–water partition coefficient (Wildman–Crippen LogP) is 2.86. The molecular weight excluding hydrogens is 192 g/mol. The zero-order valence-corrected chi connectivity index (χ0v) is 10.1. The third-order valence-corrected chi connectivity index (χ3v) is 3.08. The van der Waals surface area contributed by atoms with Crippen molar-refractivity contribution in [3.8, 4) is 0 Å². The van der Waals surface area contributed by atoms with E-state index in [0.29, 0.717) is 11.3 Å². The Morgan fingerprint density at radius 2 is 2.07 bits per heavy atom. The molecule has 78 valence electrons. The summed E-state index contributed by atoms with van der Waals surface area (Å²) in [5, 5.41) is 4.96. The molecule has 1 rings (SSSR count). The molecule has 1 aromatic rings. The van der Waals surface area contributed by atoms with E-state index in [0.717, 1.165) is 5.03 Å². The summed E-state index contributed by atoms with van der Waals surface area (Å²) in [5.41, 5.74) is 1.29. The Kier molecular flexibility index (Phi) is 4.42. The number of nitrogens with zero attached hydrogens (tertiary/aromatic N) is 1. The molecule has 1 N–H and O–H groups in total. The smallest absolute Gasteiger partial charge is 0.101 e. The maximum atomic E-state index is 4.41. The van der Waals surface area contributed by atoms with Gasteiger partial charge >= 0.3 is 0 Å². The summed E-state index contributed by atoms with van der Waals surface area (Å²) in [4.78, 5) is 4.41. The Hall–Kier alpha value is -0.540. The highest BCUT2D eigenvalue weighted by Gasteiger charge is 2.10. The van der Waals surface area contributed by atoms with Crippen molar-refractivity contribution in [2.45, 2.75) is 37.1 Å². The minimum Gasteiger partial charge on any atom is -0.313 e. The van der Waals surface area contributed by atoms with E-state index in [4.69, 9.17) is 0 Å². The van der Waals surface area contributed by atoms with Crippen molar-refractivity contribution in [3.05, 3.63) is 23.9 Å². The molecule has 0 aliphatic rings. The van der Waals surface area contributed by atoms with E-state index in [-0.39, 0.29) is 0 Å². The van der Waals surface area contributed by atoms with Gasteiger partial charge in [0.2, 0.25) is 0 Å². The fraction of sp³-hybridized carbons (Fsp3) is 0.545. The van der Waals surface area contributed by atoms with Crippen LogP contribution in [-0.2, 0) is 0 Å². The van der Waals surface area contributed by atoms with Gasteiger partial charge in [-0.2, -0.15) is 0 Å². The van der Waals surface area contributed by atoms with Gasteiger partial charge in [-0.1, -0.05) is 19.9 Å². The van der Waals surface area contributed by atoms with Gasteiger partial charge in [-0.05, 0) is 20.0 Å². The van der Waals surface area contributed by atoms with E-state index in [9.17, 15) is 0 Å². The summed E-state index contributed by atoms with van der Waals surface area (Å²) in [5.74, 6) is 0. The van der Waals surface area contributed by atoms with Gasteiger partial charge < -0.3 is 5.32 Å². The third kappa shape index (κ3) is 3.00. The molecule has 1 atom stereocenters. The van der Waals surface area contributed by atoms with E-state index < -0.39 is 0 Å². The average Bonchev–Trinajstić information content (AvgIpc) is 2.16. The van der Waals surface area contributed by atoms with Crippen molar-refractivity contribution < 1.29 is 0 Å². The van der Waals surface area contributed by atoms with E-state index >= 15 is 0 Å². The minimum absolute atomic E-state index is 0.366. The van der Waals surface area contributed by atoms with Gasteiger partial charge in [0.15, 0.2) is 0 Å². The largest absolute Gasteiger partial charge is 0.313 e. The second kappa shape index (κ2) is 5.37. The number of pyridine rings is 1. The molecule has 0 aromatic carbocycles. The first-order chi connectivity index (χ1) is 6.65. The van der Waals surface area contributed by atoms with Gasteiger partial charge in [-0.3, -0.25) is 0 Å². The lowest BCUT2D eigenvalue weighted by atomic mass is 10.1. The summed E-state index contributed by atoms with van der Waals surface area (Å²) >= 11 is 1.82. The summed E-state index contributed by atoms with van der Waals surface area (Å²) in [6, 6.07) is 4.50. The summed E-state index contributed by atoms with van der Waals surface area (Å²) < 4.78 is 0. The van der Waals surface area contributed by atoms with Gasteiger partial charge in [0.05, 0.1) is 0 Å². The monoisotopic (exact) mass is 210 g/mol. The van der Waals surface area contributed by atoms with Crippen LogP contribution in [0.2, 0.25) is 0 Å². The highest BCUT2D eigenvalue weighted by molar-refractivity contribution is 7.99. The maximum Gasteiger partial charge on any atom is 0.101 e. The van der Waals surface area contributed by atoms with Crippen LogP contribution in [0.25, 0.3) is 0 Å². The van der Waals surface area contributed by atoms with E-state index in [1.807, 2.05) is 31.1 Å². The fourth-order valence-electron chi connectivity index (χ4n) is 1.21. The molecule has 0 bridgehead atoms. The zero-order valence-electron chi connectivity index (χ0n) is 9.24. The van der Waals surface area contributed by atoms with Crippen LogP contribution in [0, 0.1) is 0 Å². The van der Waals surface area contributed by atoms with Crippen LogP contribution in [0.3, 0.4) is 0 Å². The molecule has 0 saturated heterocycles. The maximum absolute atomic E-state index is 4.41. The summed E-state index contributed by atoms with van der Waals surface area (Å²) in [6.45, 7) is 6.53. The fourth-order valence-corrected chi connectivity index (χ4v) is 2.16. The molecule has 2 nitrogen and oxygen atoms in total. The molecule has 0 aliphatic carbocycles. The molecule has 0 radical (unpaired) electrons. The van der Waals surface area contributed by atoms with Crippen LogP contribution in [0.1, 0.15) is 32.4 Å². The number of rotatable bonds is 4. The highest BCUT2D eigenvalue weighted by atomic mass is 32.2. The van der Waals surface area contributed by atoms with Gasteiger partial charge in [0.1, 0.15) is 5.03 Å². The number of thioether (sulfide) groups is 1. The van der Waals surface area contributed by atoms with E-state index in [2.05, 4.69) is 37.1 Å². The van der Waals surface area contributed by atoms with Crippen LogP contribution in [-0.4, -0.2) is 17.3 Å². The van der Waals surface area contributed by atoms with Gasteiger partial charge in [-0.25, -0.2) is 4.98 Å². The lowest BCUT2D eigenvalue weighted by Gasteiger charge is -2.15. The molecule has 0 saturated carbocycles. The number of nitrogens with one attached hydrogen (secondary N) is 1. The minimum atomic E-state index is 0.366. The standard InChI is InChI=1S/C11H18N2S/c1-8(2)14-11-10(9(3)12-4)6-5-7-13-11/h5-9,12H,1-4H3. The number of hydrogen-bond acceptors (Lipinski definition) is 3. The molecular formula is C11H18N2S. The first-order valence-corrected chi connectivity index (χ1v) is 5.82. The third-order valence-electron chi connectivity index (χ3n) is 2.05. The SMILES string of the molecule is CNC(C)c1cccnc1SC(C)C. The number of aromatic nitrogens is 1. The first kappa shape index (κ1) is 11.5. The number of hydrogen-bond donors (Lipinski definition) is 1. The van der Waals surface area contributed by atoms with Crippen LogP contribution < -0.4 is 5.32 Å². The van der Waals surface area contributed by atoms with Crippen molar-refractivity contribution >= 4 is 11.8 Å². The van der Waals surface area contributed by atoms with Crippen LogP contribution >= 0.6 is 11.8 Å². The predicted molar refractivity (Wildman–Crippen MR) is 62.7 cm³/mol. The molecule has 1 aromatic heterocycles. The van der Waals surface area contributed by atoms with Crippen molar-refractivity contribution in [2.24, 2.45) is 0 Å². The Morgan fingerprint density at radius 1 is 1.36 bits per heavy atom. The quantitative estimate of drug-likeness (QED) is 0.774. The lowest BCUT2D eigenvalue weighted by Crippen LogP contribution is -2.14. The Balaban J connectivity index is 2.91. The lowest BCUT2D eigenvalue weighted by molar-refractivity contribution is 0.634. The van der Waals surface area contributed by atoms with Gasteiger partial charge in [0.25, 0.3) is 0 Å². The normalized spacial score (nSPS) is 13.2.